The average Bonchev–Trinajstić information content (AvgIpc) is 3.18. The quantitative estimate of drug-likeness (QED) is 0.686. The Bertz CT molecular complexity index is 700. The molecule has 122 valence electrons. The van der Waals surface area contributed by atoms with E-state index in [0.29, 0.717) is 31.3 Å². The molecule has 2 aromatic rings. The van der Waals surface area contributed by atoms with Gasteiger partial charge in [-0.3, -0.25) is 14.5 Å². The molecule has 23 heavy (non-hydrogen) atoms. The maximum atomic E-state index is 11.6. The Labute approximate surface area is 135 Å². The number of carbonyl (C=O) groups excluding carboxylic acids is 1. The predicted octanol–water partition coefficient (Wildman–Crippen LogP) is -0.260. The normalized spacial score (nSPS) is 19.0. The molecule has 0 unspecified atom stereocenters. The lowest BCUT2D eigenvalue weighted by Gasteiger charge is -2.38. The first-order valence-corrected chi connectivity index (χ1v) is 7.88. The molecular formula is C13H16N6O3S. The Hall–Kier alpha value is -2.46. The number of aromatic nitrogens is 3. The first kappa shape index (κ1) is 15.4. The molecule has 1 aliphatic rings. The fourth-order valence-electron chi connectivity index (χ4n) is 2.52. The first-order chi connectivity index (χ1) is 11.0. The minimum Gasteiger partial charge on any atom is -0.480 e. The topological polar surface area (TPSA) is 128 Å². The predicted molar refractivity (Wildman–Crippen MR) is 83.3 cm³/mol. The van der Waals surface area contributed by atoms with Gasteiger partial charge in [0.1, 0.15) is 17.6 Å². The third kappa shape index (κ3) is 3.32. The second-order valence-corrected chi connectivity index (χ2v) is 6.02. The summed E-state index contributed by atoms with van der Waals surface area (Å²) in [4.78, 5) is 37.7. The third-order valence-electron chi connectivity index (χ3n) is 3.70. The number of carboxylic acids is 1. The molecule has 3 rings (SSSR count). The van der Waals surface area contributed by atoms with Gasteiger partial charge in [-0.2, -0.15) is 0 Å². The number of H-pyrrole nitrogens is 1. The molecule has 0 bridgehead atoms. The van der Waals surface area contributed by atoms with E-state index in [-0.39, 0.29) is 5.69 Å². The number of aromatic amines is 1. The van der Waals surface area contributed by atoms with E-state index in [1.807, 2.05) is 9.80 Å². The molecule has 1 fully saturated rings. The minimum atomic E-state index is -0.895. The maximum Gasteiger partial charge on any atom is 0.322 e. The van der Waals surface area contributed by atoms with Gasteiger partial charge in [-0.05, 0) is 0 Å². The van der Waals surface area contributed by atoms with E-state index in [9.17, 15) is 14.7 Å². The molecule has 0 spiro atoms. The van der Waals surface area contributed by atoms with Gasteiger partial charge in [0.25, 0.3) is 5.91 Å². The van der Waals surface area contributed by atoms with Crippen LogP contribution >= 0.6 is 11.3 Å². The summed E-state index contributed by atoms with van der Waals surface area (Å²) in [6.07, 6.45) is 3.35. The van der Waals surface area contributed by atoms with Gasteiger partial charge in [0.2, 0.25) is 0 Å². The average molecular weight is 336 g/mol. The molecule has 10 heteroatoms. The highest BCUT2D eigenvalue weighted by atomic mass is 32.1. The Morgan fingerprint density at radius 1 is 1.48 bits per heavy atom. The van der Waals surface area contributed by atoms with Crippen LogP contribution < -0.4 is 10.6 Å². The van der Waals surface area contributed by atoms with Gasteiger partial charge in [-0.25, -0.2) is 9.97 Å². The molecule has 9 nitrogen and oxygen atoms in total. The molecule has 1 amide bonds. The smallest absolute Gasteiger partial charge is 0.322 e. The fourth-order valence-corrected chi connectivity index (χ4v) is 3.37. The van der Waals surface area contributed by atoms with Crippen molar-refractivity contribution in [2.45, 2.75) is 12.6 Å². The van der Waals surface area contributed by atoms with Crippen LogP contribution in [-0.2, 0) is 11.3 Å². The number of primary amides is 1. The molecular weight excluding hydrogens is 320 g/mol. The van der Waals surface area contributed by atoms with Gasteiger partial charge in [-0.1, -0.05) is 0 Å². The van der Waals surface area contributed by atoms with Crippen LogP contribution in [0.5, 0.6) is 0 Å². The van der Waals surface area contributed by atoms with Crippen molar-refractivity contribution in [3.8, 4) is 0 Å². The van der Waals surface area contributed by atoms with Crippen molar-refractivity contribution in [3.63, 3.8) is 0 Å². The van der Waals surface area contributed by atoms with E-state index >= 15 is 0 Å². The summed E-state index contributed by atoms with van der Waals surface area (Å²) in [5.41, 5.74) is 5.41. The number of piperazine rings is 1. The molecule has 1 aliphatic heterocycles. The number of hydrogen-bond acceptors (Lipinski definition) is 7. The summed E-state index contributed by atoms with van der Waals surface area (Å²) in [7, 11) is 0. The van der Waals surface area contributed by atoms with Crippen LogP contribution in [0.1, 0.15) is 16.3 Å². The Morgan fingerprint density at radius 3 is 2.91 bits per heavy atom. The van der Waals surface area contributed by atoms with E-state index < -0.39 is 17.9 Å². The van der Waals surface area contributed by atoms with E-state index in [2.05, 4.69) is 15.0 Å². The Morgan fingerprint density at radius 2 is 2.30 bits per heavy atom. The molecule has 1 atom stereocenters. The highest BCUT2D eigenvalue weighted by Crippen LogP contribution is 2.24. The van der Waals surface area contributed by atoms with Crippen molar-refractivity contribution >= 4 is 28.3 Å². The number of anilines is 1. The summed E-state index contributed by atoms with van der Waals surface area (Å²) < 4.78 is 0. The molecule has 0 aromatic carbocycles. The van der Waals surface area contributed by atoms with Crippen LogP contribution in [0.3, 0.4) is 0 Å². The molecule has 3 heterocycles. The number of thiazole rings is 1. The second kappa shape index (κ2) is 6.34. The van der Waals surface area contributed by atoms with Crippen LogP contribution in [0.15, 0.2) is 17.8 Å². The van der Waals surface area contributed by atoms with E-state index in [1.165, 1.54) is 11.3 Å². The lowest BCUT2D eigenvalue weighted by atomic mass is 10.1. The van der Waals surface area contributed by atoms with E-state index in [1.54, 1.807) is 17.8 Å². The molecule has 0 saturated carbocycles. The zero-order valence-electron chi connectivity index (χ0n) is 12.2. The van der Waals surface area contributed by atoms with Gasteiger partial charge in [-0.15, -0.1) is 11.3 Å². The standard InChI is InChI=1S/C13H16N6O3S/c14-11(20)8-7-23-13(17-8)19-4-3-18(9(5-19)12(21)22)6-10-15-1-2-16-10/h1-2,7,9H,3-6H2,(H2,14,20)(H,15,16)(H,21,22)/t9-/m0/s1. The highest BCUT2D eigenvalue weighted by molar-refractivity contribution is 7.13. The van der Waals surface area contributed by atoms with Gasteiger partial charge in [0.05, 0.1) is 6.54 Å². The number of rotatable bonds is 5. The number of amides is 1. The summed E-state index contributed by atoms with van der Waals surface area (Å²) in [6.45, 7) is 1.92. The zero-order chi connectivity index (χ0) is 16.4. The summed E-state index contributed by atoms with van der Waals surface area (Å²) >= 11 is 1.29. The molecule has 4 N–H and O–H groups in total. The molecule has 0 radical (unpaired) electrons. The highest BCUT2D eigenvalue weighted by Gasteiger charge is 2.33. The SMILES string of the molecule is NC(=O)c1csc(N2CCN(Cc3ncc[nH]3)[C@H](C(=O)O)C2)n1. The molecule has 1 saturated heterocycles. The summed E-state index contributed by atoms with van der Waals surface area (Å²) in [5, 5.41) is 11.7. The van der Waals surface area contributed by atoms with Crippen LogP contribution in [0, 0.1) is 0 Å². The van der Waals surface area contributed by atoms with Gasteiger partial charge in [0, 0.05) is 37.4 Å². The van der Waals surface area contributed by atoms with Crippen LogP contribution in [0.2, 0.25) is 0 Å². The maximum absolute atomic E-state index is 11.6. The number of nitrogens with zero attached hydrogens (tertiary/aromatic N) is 4. The third-order valence-corrected chi connectivity index (χ3v) is 4.60. The number of aliphatic carboxylic acids is 1. The zero-order valence-corrected chi connectivity index (χ0v) is 13.0. The summed E-state index contributed by atoms with van der Waals surface area (Å²) in [6, 6.07) is -0.672. The number of hydrogen-bond donors (Lipinski definition) is 3. The van der Waals surface area contributed by atoms with Crippen molar-refractivity contribution in [1.29, 1.82) is 0 Å². The summed E-state index contributed by atoms with van der Waals surface area (Å²) in [5.74, 6) is -0.748. The number of carbonyl (C=O) groups is 2. The van der Waals surface area contributed by atoms with Crippen LogP contribution in [0.4, 0.5) is 5.13 Å². The van der Waals surface area contributed by atoms with E-state index in [0.717, 1.165) is 5.82 Å². The lowest BCUT2D eigenvalue weighted by Crippen LogP contribution is -2.56. The van der Waals surface area contributed by atoms with Gasteiger partial charge < -0.3 is 20.7 Å². The number of nitrogens with one attached hydrogen (secondary N) is 1. The fraction of sp³-hybridized carbons (Fsp3) is 0.385. The van der Waals surface area contributed by atoms with Crippen molar-refractivity contribution in [3.05, 3.63) is 29.3 Å². The minimum absolute atomic E-state index is 0.204. The molecule has 0 aliphatic carbocycles. The second-order valence-electron chi connectivity index (χ2n) is 5.19. The Kier molecular flexibility index (Phi) is 4.26. The van der Waals surface area contributed by atoms with Crippen LogP contribution in [0.25, 0.3) is 0 Å². The Balaban J connectivity index is 1.72. The van der Waals surface area contributed by atoms with Crippen molar-refractivity contribution in [2.24, 2.45) is 5.73 Å². The lowest BCUT2D eigenvalue weighted by molar-refractivity contribution is -0.143. The largest absolute Gasteiger partial charge is 0.480 e. The van der Waals surface area contributed by atoms with E-state index in [4.69, 9.17) is 5.73 Å². The van der Waals surface area contributed by atoms with Crippen molar-refractivity contribution in [1.82, 2.24) is 19.9 Å². The van der Waals surface area contributed by atoms with Crippen LogP contribution in [-0.4, -0.2) is 62.5 Å². The first-order valence-electron chi connectivity index (χ1n) is 7.00. The van der Waals surface area contributed by atoms with Gasteiger partial charge >= 0.3 is 5.97 Å². The number of nitrogens with two attached hydrogens (primary N) is 1. The van der Waals surface area contributed by atoms with Crippen molar-refractivity contribution in [2.75, 3.05) is 24.5 Å². The molecule has 2 aromatic heterocycles. The number of imidazole rings is 1. The number of carboxylic acid groups (broad SMARTS) is 1. The van der Waals surface area contributed by atoms with Gasteiger partial charge in [0.15, 0.2) is 5.13 Å². The van der Waals surface area contributed by atoms with Crippen molar-refractivity contribution < 1.29 is 14.7 Å². The monoisotopic (exact) mass is 336 g/mol.